The summed E-state index contributed by atoms with van der Waals surface area (Å²) in [6.45, 7) is 2.01. The number of halogens is 1. The van der Waals surface area contributed by atoms with Gasteiger partial charge in [-0.25, -0.2) is 0 Å². The molecule has 2 fully saturated rings. The van der Waals surface area contributed by atoms with E-state index in [1.54, 1.807) is 12.1 Å². The summed E-state index contributed by atoms with van der Waals surface area (Å²) in [6.07, 6.45) is 4.64. The van der Waals surface area contributed by atoms with Gasteiger partial charge in [-0.05, 0) is 61.3 Å². The minimum Gasteiger partial charge on any atom is -0.326 e. The first-order chi connectivity index (χ1) is 10.5. The summed E-state index contributed by atoms with van der Waals surface area (Å²) in [5.41, 5.74) is 0.785. The van der Waals surface area contributed by atoms with E-state index in [9.17, 15) is 9.59 Å². The number of hydrogen-bond acceptors (Lipinski definition) is 2. The van der Waals surface area contributed by atoms with E-state index in [1.807, 2.05) is 19.1 Å². The van der Waals surface area contributed by atoms with Crippen LogP contribution in [0.5, 0.6) is 0 Å². The lowest BCUT2D eigenvalue weighted by molar-refractivity contribution is -0.126. The lowest BCUT2D eigenvalue weighted by Gasteiger charge is -2.40. The maximum atomic E-state index is 12.5. The zero-order valence-electron chi connectivity index (χ0n) is 12.8. The van der Waals surface area contributed by atoms with Gasteiger partial charge in [-0.1, -0.05) is 18.5 Å². The molecule has 1 aromatic carbocycles. The van der Waals surface area contributed by atoms with Crippen molar-refractivity contribution < 1.29 is 9.59 Å². The number of carbonyl (C=O) groups excluding carboxylic acids is 2. The maximum Gasteiger partial charge on any atom is 0.227 e. The Morgan fingerprint density at radius 2 is 1.73 bits per heavy atom. The van der Waals surface area contributed by atoms with Crippen molar-refractivity contribution in [2.75, 3.05) is 5.32 Å². The van der Waals surface area contributed by atoms with Crippen molar-refractivity contribution in [2.45, 2.75) is 39.0 Å². The molecule has 0 radical (unpaired) electrons. The number of nitrogens with one attached hydrogen (secondary N) is 1. The first-order valence-corrected chi connectivity index (χ1v) is 8.47. The Hall–Kier alpha value is -1.35. The Morgan fingerprint density at radius 1 is 1.14 bits per heavy atom. The van der Waals surface area contributed by atoms with Crippen molar-refractivity contribution in [1.82, 2.24) is 0 Å². The fraction of sp³-hybridized carbons (Fsp3) is 0.556. The SMILES string of the molecule is CC(C(=O)Nc1ccc(Cl)cc1)C1CC2CC(=O)CC(C2)C1. The van der Waals surface area contributed by atoms with E-state index in [0.29, 0.717) is 28.6 Å². The summed E-state index contributed by atoms with van der Waals surface area (Å²) in [5.74, 6) is 1.85. The molecular formula is C18H22ClNO2. The van der Waals surface area contributed by atoms with Crippen molar-refractivity contribution in [3.05, 3.63) is 29.3 Å². The Balaban J connectivity index is 1.61. The molecule has 4 heteroatoms. The van der Waals surface area contributed by atoms with Gasteiger partial charge in [0.05, 0.1) is 0 Å². The third-order valence-electron chi connectivity index (χ3n) is 5.20. The normalized spacial score (nSPS) is 29.0. The van der Waals surface area contributed by atoms with Gasteiger partial charge in [0.15, 0.2) is 0 Å². The minimum absolute atomic E-state index is 0.0193. The van der Waals surface area contributed by atoms with Gasteiger partial charge in [-0.15, -0.1) is 0 Å². The lowest BCUT2D eigenvalue weighted by Crippen LogP contribution is -2.37. The van der Waals surface area contributed by atoms with Crippen LogP contribution in [0.2, 0.25) is 5.02 Å². The highest BCUT2D eigenvalue weighted by atomic mass is 35.5. The van der Waals surface area contributed by atoms with Gasteiger partial charge in [0, 0.05) is 29.5 Å². The average Bonchev–Trinajstić information content (AvgIpc) is 2.47. The Kier molecular flexibility index (Phi) is 4.53. The number of hydrogen-bond donors (Lipinski definition) is 1. The highest BCUT2D eigenvalue weighted by Gasteiger charge is 2.38. The average molecular weight is 320 g/mol. The second kappa shape index (κ2) is 6.41. The van der Waals surface area contributed by atoms with E-state index in [-0.39, 0.29) is 11.8 Å². The first-order valence-electron chi connectivity index (χ1n) is 8.09. The van der Waals surface area contributed by atoms with Crippen LogP contribution in [-0.2, 0) is 9.59 Å². The van der Waals surface area contributed by atoms with Crippen LogP contribution in [0, 0.1) is 23.7 Å². The van der Waals surface area contributed by atoms with Gasteiger partial charge in [-0.2, -0.15) is 0 Å². The number of ketones is 1. The second-order valence-corrected chi connectivity index (χ2v) is 7.37. The molecule has 2 saturated carbocycles. The van der Waals surface area contributed by atoms with Crippen LogP contribution in [0.25, 0.3) is 0 Å². The van der Waals surface area contributed by atoms with Crippen molar-refractivity contribution >= 4 is 29.0 Å². The molecule has 0 aliphatic heterocycles. The van der Waals surface area contributed by atoms with Crippen LogP contribution in [0.3, 0.4) is 0 Å². The van der Waals surface area contributed by atoms with E-state index in [0.717, 1.165) is 31.4 Å². The molecule has 22 heavy (non-hydrogen) atoms. The van der Waals surface area contributed by atoms with Crippen LogP contribution in [0.15, 0.2) is 24.3 Å². The minimum atomic E-state index is -0.0193. The van der Waals surface area contributed by atoms with Gasteiger partial charge < -0.3 is 5.32 Å². The van der Waals surface area contributed by atoms with Gasteiger partial charge >= 0.3 is 0 Å². The maximum absolute atomic E-state index is 12.5. The van der Waals surface area contributed by atoms with Crippen LogP contribution in [0.4, 0.5) is 5.69 Å². The predicted molar refractivity (Wildman–Crippen MR) is 87.8 cm³/mol. The summed E-state index contributed by atoms with van der Waals surface area (Å²) in [6, 6.07) is 7.19. The molecule has 3 nitrogen and oxygen atoms in total. The molecule has 0 spiro atoms. The van der Waals surface area contributed by atoms with E-state index in [1.165, 1.54) is 6.42 Å². The Morgan fingerprint density at radius 3 is 2.32 bits per heavy atom. The Labute approximate surface area is 136 Å². The zero-order chi connectivity index (χ0) is 15.7. The third-order valence-corrected chi connectivity index (χ3v) is 5.46. The van der Waals surface area contributed by atoms with Crippen molar-refractivity contribution in [3.63, 3.8) is 0 Å². The molecule has 1 aromatic rings. The monoisotopic (exact) mass is 319 g/mol. The number of Topliss-reactive ketones (excluding diaryl/α,β-unsaturated/α-hetero) is 1. The highest BCUT2D eigenvalue weighted by Crippen LogP contribution is 2.43. The van der Waals surface area contributed by atoms with Gasteiger partial charge in [0.25, 0.3) is 0 Å². The van der Waals surface area contributed by atoms with Crippen molar-refractivity contribution in [1.29, 1.82) is 0 Å². The number of anilines is 1. The highest BCUT2D eigenvalue weighted by molar-refractivity contribution is 6.30. The molecule has 3 rings (SSSR count). The summed E-state index contributed by atoms with van der Waals surface area (Å²) in [4.78, 5) is 24.1. The first kappa shape index (κ1) is 15.5. The van der Waals surface area contributed by atoms with E-state index >= 15 is 0 Å². The molecule has 2 aliphatic carbocycles. The van der Waals surface area contributed by atoms with Crippen molar-refractivity contribution in [2.24, 2.45) is 23.7 Å². The topological polar surface area (TPSA) is 46.2 Å². The molecular weight excluding hydrogens is 298 g/mol. The molecule has 0 aromatic heterocycles. The van der Waals surface area contributed by atoms with Crippen LogP contribution in [0.1, 0.15) is 39.0 Å². The fourth-order valence-electron chi connectivity index (χ4n) is 4.09. The molecule has 2 aliphatic rings. The fourth-order valence-corrected chi connectivity index (χ4v) is 4.21. The second-order valence-electron chi connectivity index (χ2n) is 6.93. The van der Waals surface area contributed by atoms with Crippen molar-refractivity contribution in [3.8, 4) is 0 Å². The van der Waals surface area contributed by atoms with E-state index in [4.69, 9.17) is 11.6 Å². The smallest absolute Gasteiger partial charge is 0.227 e. The zero-order valence-corrected chi connectivity index (χ0v) is 13.6. The Bertz CT molecular complexity index is 553. The number of fused-ring (bicyclic) bond motifs is 2. The number of rotatable bonds is 3. The predicted octanol–water partition coefficient (Wildman–Crippen LogP) is 4.31. The van der Waals surface area contributed by atoms with Crippen LogP contribution >= 0.6 is 11.6 Å². The standard InChI is InChI=1S/C18H22ClNO2/c1-11(18(22)20-16-4-2-15(19)3-5-16)14-7-12-6-13(8-14)10-17(21)9-12/h2-5,11-14H,6-10H2,1H3,(H,20,22). The molecule has 3 atom stereocenters. The van der Waals surface area contributed by atoms with Gasteiger partial charge in [-0.3, -0.25) is 9.59 Å². The van der Waals surface area contributed by atoms with Gasteiger partial charge in [0.2, 0.25) is 5.91 Å². The molecule has 118 valence electrons. The number of carbonyl (C=O) groups is 2. The van der Waals surface area contributed by atoms with E-state index in [2.05, 4.69) is 5.32 Å². The molecule has 0 heterocycles. The van der Waals surface area contributed by atoms with Crippen LogP contribution < -0.4 is 5.32 Å². The molecule has 3 unspecified atom stereocenters. The summed E-state index contributed by atoms with van der Waals surface area (Å²) in [7, 11) is 0. The molecule has 1 amide bonds. The summed E-state index contributed by atoms with van der Waals surface area (Å²) >= 11 is 5.86. The quantitative estimate of drug-likeness (QED) is 0.902. The number of benzene rings is 1. The molecule has 0 saturated heterocycles. The third kappa shape index (κ3) is 3.52. The molecule has 2 bridgehead atoms. The molecule has 1 N–H and O–H groups in total. The lowest BCUT2D eigenvalue weighted by atomic mass is 9.65. The summed E-state index contributed by atoms with van der Waals surface area (Å²) < 4.78 is 0. The van der Waals surface area contributed by atoms with Crippen LogP contribution in [-0.4, -0.2) is 11.7 Å². The summed E-state index contributed by atoms with van der Waals surface area (Å²) in [5, 5.41) is 3.64. The van der Waals surface area contributed by atoms with E-state index < -0.39 is 0 Å². The van der Waals surface area contributed by atoms with Gasteiger partial charge in [0.1, 0.15) is 5.78 Å². The largest absolute Gasteiger partial charge is 0.326 e. The number of amides is 1.